The molecule has 1 atom stereocenters. The first-order chi connectivity index (χ1) is 9.36. The average molecular weight is 268 g/mol. The summed E-state index contributed by atoms with van der Waals surface area (Å²) in [5.41, 5.74) is 0. The van der Waals surface area contributed by atoms with Crippen molar-refractivity contribution >= 4 is 0 Å². The van der Waals surface area contributed by atoms with Crippen molar-refractivity contribution in [2.24, 2.45) is 0 Å². The summed E-state index contributed by atoms with van der Waals surface area (Å²) < 4.78 is 0. The molecule has 0 radical (unpaired) electrons. The number of rotatable bonds is 11. The van der Waals surface area contributed by atoms with E-state index in [0.717, 1.165) is 12.6 Å². The van der Waals surface area contributed by atoms with Crippen molar-refractivity contribution in [3.63, 3.8) is 0 Å². The van der Waals surface area contributed by atoms with Gasteiger partial charge in [0.25, 0.3) is 0 Å². The summed E-state index contributed by atoms with van der Waals surface area (Å²) in [6, 6.07) is 0.757. The van der Waals surface area contributed by atoms with Gasteiger partial charge < -0.3 is 10.2 Å². The molecule has 1 fully saturated rings. The highest BCUT2D eigenvalue weighted by Crippen LogP contribution is 2.12. The summed E-state index contributed by atoms with van der Waals surface area (Å²) in [4.78, 5) is 2.67. The summed E-state index contributed by atoms with van der Waals surface area (Å²) in [5.74, 6) is 0. The van der Waals surface area contributed by atoms with Gasteiger partial charge in [0, 0.05) is 12.6 Å². The fourth-order valence-electron chi connectivity index (χ4n) is 3.18. The molecule has 1 saturated heterocycles. The maximum atomic E-state index is 3.60. The minimum Gasteiger partial charge on any atom is -0.313 e. The highest BCUT2D eigenvalue weighted by atomic mass is 15.2. The molecule has 0 amide bonds. The molecule has 0 bridgehead atoms. The Bertz CT molecular complexity index is 192. The molecule has 2 nitrogen and oxygen atoms in total. The Morgan fingerprint density at radius 3 is 2.32 bits per heavy atom. The summed E-state index contributed by atoms with van der Waals surface area (Å²) in [6.45, 7) is 9.58. The van der Waals surface area contributed by atoms with Crippen LogP contribution in [0.5, 0.6) is 0 Å². The van der Waals surface area contributed by atoms with Gasteiger partial charge in [-0.05, 0) is 38.9 Å². The monoisotopic (exact) mass is 268 g/mol. The lowest BCUT2D eigenvalue weighted by molar-refractivity contribution is 0.188. The molecule has 0 saturated carbocycles. The number of likely N-dealkylation sites (tertiary alicyclic amines) is 1. The fourth-order valence-corrected chi connectivity index (χ4v) is 3.18. The van der Waals surface area contributed by atoms with Crippen LogP contribution in [0, 0.1) is 0 Å². The molecule has 1 aliphatic heterocycles. The molecule has 114 valence electrons. The molecule has 1 unspecified atom stereocenters. The van der Waals surface area contributed by atoms with E-state index in [1.165, 1.54) is 83.8 Å². The van der Waals surface area contributed by atoms with Crippen molar-refractivity contribution in [1.82, 2.24) is 10.2 Å². The Morgan fingerprint density at radius 2 is 1.63 bits per heavy atom. The van der Waals surface area contributed by atoms with Crippen molar-refractivity contribution in [3.8, 4) is 0 Å². The number of hydrogen-bond acceptors (Lipinski definition) is 2. The van der Waals surface area contributed by atoms with Crippen LogP contribution in [-0.4, -0.2) is 37.1 Å². The highest BCUT2D eigenvalue weighted by Gasteiger charge is 2.17. The molecular formula is C17H36N2. The van der Waals surface area contributed by atoms with E-state index in [-0.39, 0.29) is 0 Å². The van der Waals surface area contributed by atoms with Crippen molar-refractivity contribution in [2.45, 2.75) is 84.1 Å². The topological polar surface area (TPSA) is 15.3 Å². The third-order valence-electron chi connectivity index (χ3n) is 4.33. The van der Waals surface area contributed by atoms with E-state index in [2.05, 4.69) is 24.1 Å². The van der Waals surface area contributed by atoms with Crippen molar-refractivity contribution < 1.29 is 0 Å². The van der Waals surface area contributed by atoms with E-state index in [1.54, 1.807) is 0 Å². The average Bonchev–Trinajstić information content (AvgIpc) is 2.43. The number of piperidine rings is 1. The van der Waals surface area contributed by atoms with E-state index in [9.17, 15) is 0 Å². The summed E-state index contributed by atoms with van der Waals surface area (Å²) >= 11 is 0. The largest absolute Gasteiger partial charge is 0.313 e. The molecule has 1 aliphatic rings. The number of unbranched alkanes of at least 4 members (excludes halogenated alkanes) is 7. The Morgan fingerprint density at radius 1 is 0.947 bits per heavy atom. The zero-order valence-corrected chi connectivity index (χ0v) is 13.4. The Hall–Kier alpha value is -0.0800. The van der Waals surface area contributed by atoms with E-state index >= 15 is 0 Å². The first kappa shape index (κ1) is 17.0. The maximum absolute atomic E-state index is 3.60. The number of likely N-dealkylation sites (N-methyl/N-ethyl adjacent to an activating group) is 1. The van der Waals surface area contributed by atoms with Gasteiger partial charge in [-0.2, -0.15) is 0 Å². The third-order valence-corrected chi connectivity index (χ3v) is 4.33. The van der Waals surface area contributed by atoms with Crippen LogP contribution in [0.15, 0.2) is 0 Å². The molecule has 2 heteroatoms. The summed E-state index contributed by atoms with van der Waals surface area (Å²) in [6.07, 6.45) is 14.2. The van der Waals surface area contributed by atoms with Gasteiger partial charge in [0.2, 0.25) is 0 Å². The van der Waals surface area contributed by atoms with Gasteiger partial charge in [-0.3, -0.25) is 0 Å². The molecule has 1 heterocycles. The quantitative estimate of drug-likeness (QED) is 0.565. The minimum absolute atomic E-state index is 0.757. The standard InChI is InChI=1S/C17H36N2/c1-3-5-6-7-8-9-10-11-14-19-15-12-13-17(16-19)18-4-2/h17-18H,3-16H2,1-2H3. The molecule has 19 heavy (non-hydrogen) atoms. The van der Waals surface area contributed by atoms with Crippen LogP contribution in [0.3, 0.4) is 0 Å². The first-order valence-electron chi connectivity index (χ1n) is 8.82. The predicted molar refractivity (Wildman–Crippen MR) is 85.7 cm³/mol. The zero-order valence-electron chi connectivity index (χ0n) is 13.4. The van der Waals surface area contributed by atoms with E-state index in [4.69, 9.17) is 0 Å². The van der Waals surface area contributed by atoms with Gasteiger partial charge in [-0.25, -0.2) is 0 Å². The zero-order chi connectivity index (χ0) is 13.8. The molecule has 0 spiro atoms. The van der Waals surface area contributed by atoms with Crippen LogP contribution in [0.2, 0.25) is 0 Å². The second kappa shape index (κ2) is 11.7. The van der Waals surface area contributed by atoms with Crippen molar-refractivity contribution in [2.75, 3.05) is 26.2 Å². The lowest BCUT2D eigenvalue weighted by Crippen LogP contribution is -2.45. The summed E-state index contributed by atoms with van der Waals surface area (Å²) in [7, 11) is 0. The Balaban J connectivity index is 1.91. The second-order valence-corrected chi connectivity index (χ2v) is 6.17. The van der Waals surface area contributed by atoms with Gasteiger partial charge in [0.1, 0.15) is 0 Å². The third kappa shape index (κ3) is 8.65. The van der Waals surface area contributed by atoms with Crippen LogP contribution in [0.1, 0.15) is 78.1 Å². The molecule has 1 N–H and O–H groups in total. The molecular weight excluding hydrogens is 232 g/mol. The van der Waals surface area contributed by atoms with E-state index in [1.807, 2.05) is 0 Å². The molecule has 0 aromatic carbocycles. The normalized spacial score (nSPS) is 20.8. The van der Waals surface area contributed by atoms with Gasteiger partial charge >= 0.3 is 0 Å². The van der Waals surface area contributed by atoms with Gasteiger partial charge in [-0.1, -0.05) is 58.8 Å². The van der Waals surface area contributed by atoms with Crippen LogP contribution in [0.4, 0.5) is 0 Å². The van der Waals surface area contributed by atoms with Crippen LogP contribution < -0.4 is 5.32 Å². The molecule has 0 aliphatic carbocycles. The summed E-state index contributed by atoms with van der Waals surface area (Å²) in [5, 5.41) is 3.60. The lowest BCUT2D eigenvalue weighted by Gasteiger charge is -2.33. The molecule has 0 aromatic rings. The second-order valence-electron chi connectivity index (χ2n) is 6.17. The van der Waals surface area contributed by atoms with Crippen LogP contribution in [-0.2, 0) is 0 Å². The SMILES string of the molecule is CCCCCCCCCCN1CCCC(NCC)C1. The predicted octanol–water partition coefficient (Wildman–Crippen LogP) is 4.20. The molecule has 1 rings (SSSR count). The Labute approximate surface area is 121 Å². The maximum Gasteiger partial charge on any atom is 0.0195 e. The van der Waals surface area contributed by atoms with Gasteiger partial charge in [-0.15, -0.1) is 0 Å². The first-order valence-corrected chi connectivity index (χ1v) is 8.82. The fraction of sp³-hybridized carbons (Fsp3) is 1.00. The van der Waals surface area contributed by atoms with Gasteiger partial charge in [0.15, 0.2) is 0 Å². The Kier molecular flexibility index (Phi) is 10.5. The van der Waals surface area contributed by atoms with E-state index < -0.39 is 0 Å². The lowest BCUT2D eigenvalue weighted by atomic mass is 10.0. The van der Waals surface area contributed by atoms with Crippen molar-refractivity contribution in [3.05, 3.63) is 0 Å². The highest BCUT2D eigenvalue weighted by molar-refractivity contribution is 4.77. The number of nitrogens with zero attached hydrogens (tertiary/aromatic N) is 1. The van der Waals surface area contributed by atoms with Crippen molar-refractivity contribution in [1.29, 1.82) is 0 Å². The number of nitrogens with one attached hydrogen (secondary N) is 1. The van der Waals surface area contributed by atoms with Crippen LogP contribution in [0.25, 0.3) is 0 Å². The van der Waals surface area contributed by atoms with E-state index in [0.29, 0.717) is 0 Å². The molecule has 0 aromatic heterocycles. The smallest absolute Gasteiger partial charge is 0.0195 e. The number of hydrogen-bond donors (Lipinski definition) is 1. The van der Waals surface area contributed by atoms with Gasteiger partial charge in [0.05, 0.1) is 0 Å². The van der Waals surface area contributed by atoms with Crippen LogP contribution >= 0.6 is 0 Å². The minimum atomic E-state index is 0.757.